The number of hydrogen-bond acceptors (Lipinski definition) is 3. The Labute approximate surface area is 176 Å². The van der Waals surface area contributed by atoms with Gasteiger partial charge in [0.2, 0.25) is 5.91 Å². The summed E-state index contributed by atoms with van der Waals surface area (Å²) in [5.74, 6) is -1.40. The number of benzene rings is 2. The fourth-order valence-electron chi connectivity index (χ4n) is 3.50. The number of carbonyl (C=O) groups is 1. The minimum Gasteiger partial charge on any atom is -0.390 e. The van der Waals surface area contributed by atoms with Crippen molar-refractivity contribution in [2.24, 2.45) is 10.6 Å². The number of halogens is 2. The molecule has 6 heteroatoms. The molecular weight excluding hydrogens is 386 g/mol. The lowest BCUT2D eigenvalue weighted by Crippen LogP contribution is -2.39. The van der Waals surface area contributed by atoms with Crippen molar-refractivity contribution in [2.75, 3.05) is 6.54 Å². The smallest absolute Gasteiger partial charge is 0.223 e. The van der Waals surface area contributed by atoms with E-state index in [4.69, 9.17) is 4.84 Å². The molecule has 160 valence electrons. The molecule has 1 aliphatic rings. The van der Waals surface area contributed by atoms with Gasteiger partial charge in [0.15, 0.2) is 6.10 Å². The van der Waals surface area contributed by atoms with E-state index >= 15 is 0 Å². The highest BCUT2D eigenvalue weighted by Gasteiger charge is 2.29. The summed E-state index contributed by atoms with van der Waals surface area (Å²) in [5, 5.41) is 4.23. The van der Waals surface area contributed by atoms with E-state index in [1.54, 1.807) is 4.90 Å². The molecule has 0 aromatic heterocycles. The van der Waals surface area contributed by atoms with Gasteiger partial charge in [0.25, 0.3) is 0 Å². The van der Waals surface area contributed by atoms with E-state index in [9.17, 15) is 13.6 Å². The maximum absolute atomic E-state index is 14.2. The van der Waals surface area contributed by atoms with Crippen LogP contribution in [0.4, 0.5) is 8.78 Å². The fraction of sp³-hybridized carbons (Fsp3) is 0.417. The predicted octanol–water partition coefficient (Wildman–Crippen LogP) is 5.23. The maximum atomic E-state index is 14.2. The maximum Gasteiger partial charge on any atom is 0.223 e. The zero-order valence-corrected chi connectivity index (χ0v) is 17.9. The number of oxime groups is 1. The van der Waals surface area contributed by atoms with Crippen molar-refractivity contribution in [1.29, 1.82) is 0 Å². The summed E-state index contributed by atoms with van der Waals surface area (Å²) in [5.41, 5.74) is 3.04. The molecule has 2 aromatic carbocycles. The molecule has 2 aromatic rings. The van der Waals surface area contributed by atoms with Crippen molar-refractivity contribution in [3.63, 3.8) is 0 Å². The molecule has 0 fully saturated rings. The summed E-state index contributed by atoms with van der Waals surface area (Å²) < 4.78 is 27.5. The first-order chi connectivity index (χ1) is 14.1. The van der Waals surface area contributed by atoms with Gasteiger partial charge >= 0.3 is 0 Å². The van der Waals surface area contributed by atoms with Crippen molar-refractivity contribution in [3.8, 4) is 0 Å². The third-order valence-electron chi connectivity index (χ3n) is 5.02. The lowest BCUT2D eigenvalue weighted by atomic mass is 9.91. The van der Waals surface area contributed by atoms with E-state index in [1.807, 2.05) is 52.0 Å². The van der Waals surface area contributed by atoms with Gasteiger partial charge in [-0.3, -0.25) is 4.79 Å². The number of nitrogens with zero attached hydrogens (tertiary/aromatic N) is 2. The van der Waals surface area contributed by atoms with Crippen LogP contribution >= 0.6 is 0 Å². The highest BCUT2D eigenvalue weighted by Crippen LogP contribution is 2.24. The molecule has 0 N–H and O–H groups in total. The highest BCUT2D eigenvalue weighted by atomic mass is 19.1. The fourth-order valence-corrected chi connectivity index (χ4v) is 3.50. The van der Waals surface area contributed by atoms with Crippen LogP contribution in [0.1, 0.15) is 50.3 Å². The van der Waals surface area contributed by atoms with E-state index in [1.165, 1.54) is 12.1 Å². The molecule has 1 unspecified atom stereocenters. The zero-order chi connectivity index (χ0) is 21.9. The van der Waals surface area contributed by atoms with Crippen LogP contribution < -0.4 is 0 Å². The van der Waals surface area contributed by atoms with Crippen LogP contribution in [0.15, 0.2) is 47.6 Å². The molecular formula is C24H28F2N2O2. The lowest BCUT2D eigenvalue weighted by molar-refractivity contribution is -0.135. The Kier molecular flexibility index (Phi) is 6.54. The quantitative estimate of drug-likeness (QED) is 0.649. The number of aryl methyl sites for hydroxylation is 1. The summed E-state index contributed by atoms with van der Waals surface area (Å²) in [6.45, 7) is 8.29. The Morgan fingerprint density at radius 1 is 1.20 bits per heavy atom. The molecule has 4 nitrogen and oxygen atoms in total. The average molecular weight is 414 g/mol. The summed E-state index contributed by atoms with van der Waals surface area (Å²) >= 11 is 0. The van der Waals surface area contributed by atoms with Crippen LogP contribution in [0.2, 0.25) is 0 Å². The van der Waals surface area contributed by atoms with Crippen molar-refractivity contribution in [2.45, 2.75) is 53.2 Å². The van der Waals surface area contributed by atoms with Crippen LogP contribution in [0, 0.1) is 24.0 Å². The topological polar surface area (TPSA) is 41.9 Å². The van der Waals surface area contributed by atoms with Gasteiger partial charge in [0, 0.05) is 36.6 Å². The Bertz CT molecular complexity index is 950. The van der Waals surface area contributed by atoms with Gasteiger partial charge in [-0.05, 0) is 24.0 Å². The second kappa shape index (κ2) is 8.94. The summed E-state index contributed by atoms with van der Waals surface area (Å²) in [7, 11) is 0. The highest BCUT2D eigenvalue weighted by molar-refractivity contribution is 6.02. The number of hydrogen-bond donors (Lipinski definition) is 0. The van der Waals surface area contributed by atoms with Gasteiger partial charge < -0.3 is 9.74 Å². The Morgan fingerprint density at radius 2 is 1.93 bits per heavy atom. The monoisotopic (exact) mass is 414 g/mol. The normalized spacial score (nSPS) is 16.2. The molecule has 0 spiro atoms. The third kappa shape index (κ3) is 5.65. The van der Waals surface area contributed by atoms with Gasteiger partial charge in [0.1, 0.15) is 11.6 Å². The average Bonchev–Trinajstić information content (AvgIpc) is 3.10. The lowest BCUT2D eigenvalue weighted by Gasteiger charge is -2.28. The van der Waals surface area contributed by atoms with E-state index < -0.39 is 11.6 Å². The van der Waals surface area contributed by atoms with Crippen molar-refractivity contribution >= 4 is 11.6 Å². The zero-order valence-electron chi connectivity index (χ0n) is 17.9. The molecule has 0 bridgehead atoms. The molecule has 3 rings (SSSR count). The van der Waals surface area contributed by atoms with Crippen molar-refractivity contribution in [3.05, 3.63) is 70.8 Å². The molecule has 1 amide bonds. The van der Waals surface area contributed by atoms with Crippen LogP contribution in [0.25, 0.3) is 0 Å². The second-order valence-corrected chi connectivity index (χ2v) is 9.03. The molecule has 0 saturated heterocycles. The molecule has 1 atom stereocenters. The van der Waals surface area contributed by atoms with Gasteiger partial charge in [-0.2, -0.15) is 0 Å². The first kappa shape index (κ1) is 21.9. The number of rotatable bonds is 6. The van der Waals surface area contributed by atoms with E-state index in [0.717, 1.165) is 22.9 Å². The number of amides is 1. The second-order valence-electron chi connectivity index (χ2n) is 9.03. The van der Waals surface area contributed by atoms with Crippen LogP contribution in [0.5, 0.6) is 0 Å². The minimum absolute atomic E-state index is 0.0561. The van der Waals surface area contributed by atoms with Crippen molar-refractivity contribution in [1.82, 2.24) is 4.90 Å². The molecule has 0 saturated carbocycles. The molecule has 0 aliphatic carbocycles. The van der Waals surface area contributed by atoms with Gasteiger partial charge in [-0.1, -0.05) is 56.3 Å². The summed E-state index contributed by atoms with van der Waals surface area (Å²) in [4.78, 5) is 20.2. The van der Waals surface area contributed by atoms with Crippen molar-refractivity contribution < 1.29 is 18.4 Å². The SMILES string of the molecule is Cc1ccccc1C1=NOC(CN(Cc2ccc(F)cc2F)C(=O)CC(C)(C)C)C1. The largest absolute Gasteiger partial charge is 0.390 e. The van der Waals surface area contributed by atoms with E-state index in [2.05, 4.69) is 5.16 Å². The van der Waals surface area contributed by atoms with Gasteiger partial charge in [-0.25, -0.2) is 8.78 Å². The van der Waals surface area contributed by atoms with Crippen LogP contribution in [0.3, 0.4) is 0 Å². The predicted molar refractivity (Wildman–Crippen MR) is 113 cm³/mol. The molecule has 30 heavy (non-hydrogen) atoms. The van der Waals surface area contributed by atoms with Gasteiger partial charge in [-0.15, -0.1) is 0 Å². The Balaban J connectivity index is 1.74. The first-order valence-corrected chi connectivity index (χ1v) is 10.1. The van der Waals surface area contributed by atoms with Crippen LogP contribution in [-0.4, -0.2) is 29.2 Å². The summed E-state index contributed by atoms with van der Waals surface area (Å²) in [6.07, 6.45) is 0.566. The number of carbonyl (C=O) groups excluding carboxylic acids is 1. The molecule has 1 heterocycles. The third-order valence-corrected chi connectivity index (χ3v) is 5.02. The van der Waals surface area contributed by atoms with Gasteiger partial charge in [0.05, 0.1) is 12.3 Å². The first-order valence-electron chi connectivity index (χ1n) is 10.1. The van der Waals surface area contributed by atoms with E-state index in [0.29, 0.717) is 12.8 Å². The van der Waals surface area contributed by atoms with E-state index in [-0.39, 0.29) is 36.1 Å². The summed E-state index contributed by atoms with van der Waals surface area (Å²) in [6, 6.07) is 11.4. The molecule has 1 aliphatic heterocycles. The Morgan fingerprint density at radius 3 is 2.60 bits per heavy atom. The van der Waals surface area contributed by atoms with Crippen LogP contribution in [-0.2, 0) is 16.2 Å². The Hall–Kier alpha value is -2.76. The standard InChI is InChI=1S/C24H28F2N2O2/c1-16-7-5-6-8-20(16)22-12-19(30-27-22)15-28(23(29)13-24(2,3)4)14-17-9-10-18(25)11-21(17)26/h5-11,19H,12-15H2,1-4H3. The minimum atomic E-state index is -0.659. The molecule has 0 radical (unpaired) electrons.